The predicted molar refractivity (Wildman–Crippen MR) is 54.4 cm³/mol. The molecule has 0 aromatic rings. The highest BCUT2D eigenvalue weighted by atomic mass is 16.6. The highest BCUT2D eigenvalue weighted by Crippen LogP contribution is 2.27. The van der Waals surface area contributed by atoms with E-state index in [2.05, 4.69) is 27.4 Å². The van der Waals surface area contributed by atoms with Crippen LogP contribution in [0.4, 0.5) is 0 Å². The summed E-state index contributed by atoms with van der Waals surface area (Å²) in [5, 5.41) is 0. The first-order chi connectivity index (χ1) is 5.81. The summed E-state index contributed by atoms with van der Waals surface area (Å²) in [7, 11) is 0. The van der Waals surface area contributed by atoms with Crippen molar-refractivity contribution in [1.82, 2.24) is 0 Å². The van der Waals surface area contributed by atoms with Crippen molar-refractivity contribution in [2.24, 2.45) is 11.8 Å². The third-order valence-corrected chi connectivity index (χ3v) is 2.63. The maximum absolute atomic E-state index is 11.0. The molecule has 1 atom stereocenters. The molecule has 0 aromatic heterocycles. The first-order valence-electron chi connectivity index (χ1n) is 4.66. The molecule has 0 saturated heterocycles. The van der Waals surface area contributed by atoms with Crippen molar-refractivity contribution in [3.05, 3.63) is 12.7 Å². The summed E-state index contributed by atoms with van der Waals surface area (Å²) in [5.41, 5.74) is -0.417. The third kappa shape index (κ3) is 3.62. The van der Waals surface area contributed by atoms with Gasteiger partial charge in [0.25, 0.3) is 0 Å². The van der Waals surface area contributed by atoms with Gasteiger partial charge in [0, 0.05) is 6.08 Å². The van der Waals surface area contributed by atoms with Gasteiger partial charge in [0.2, 0.25) is 0 Å². The van der Waals surface area contributed by atoms with Crippen molar-refractivity contribution in [3.8, 4) is 0 Å². The van der Waals surface area contributed by atoms with Crippen LogP contribution >= 0.6 is 0 Å². The van der Waals surface area contributed by atoms with E-state index in [1.54, 1.807) is 0 Å². The van der Waals surface area contributed by atoms with E-state index in [1.165, 1.54) is 6.08 Å². The molecular weight excluding hydrogens is 164 g/mol. The van der Waals surface area contributed by atoms with Gasteiger partial charge in [-0.3, -0.25) is 0 Å². The van der Waals surface area contributed by atoms with Crippen molar-refractivity contribution >= 4 is 5.97 Å². The van der Waals surface area contributed by atoms with Crippen molar-refractivity contribution in [2.45, 2.75) is 40.2 Å². The third-order valence-electron chi connectivity index (χ3n) is 2.63. The molecular formula is C11H20O2. The number of carbonyl (C=O) groups excluding carboxylic acids is 1. The van der Waals surface area contributed by atoms with Crippen molar-refractivity contribution in [2.75, 3.05) is 0 Å². The van der Waals surface area contributed by atoms with Gasteiger partial charge >= 0.3 is 5.97 Å². The summed E-state index contributed by atoms with van der Waals surface area (Å²) in [4.78, 5) is 11.0. The summed E-state index contributed by atoms with van der Waals surface area (Å²) >= 11 is 0. The molecule has 0 amide bonds. The number of rotatable bonds is 4. The van der Waals surface area contributed by atoms with Crippen LogP contribution in [-0.4, -0.2) is 11.6 Å². The van der Waals surface area contributed by atoms with E-state index in [1.807, 2.05) is 13.8 Å². The number of hydrogen-bond donors (Lipinski definition) is 0. The topological polar surface area (TPSA) is 26.3 Å². The quantitative estimate of drug-likeness (QED) is 0.496. The van der Waals surface area contributed by atoms with Gasteiger partial charge in [-0.05, 0) is 25.7 Å². The van der Waals surface area contributed by atoms with Crippen LogP contribution in [0.1, 0.15) is 34.6 Å². The van der Waals surface area contributed by atoms with Gasteiger partial charge in [-0.15, -0.1) is 0 Å². The monoisotopic (exact) mass is 184 g/mol. The second kappa shape index (κ2) is 4.45. The number of ether oxygens (including phenoxy) is 1. The standard InChI is InChI=1S/C11H20O2/c1-7-10(12)13-11(5,6)9(4)8(2)3/h7-9H,1H2,2-6H3. The first kappa shape index (κ1) is 12.2. The molecule has 0 heterocycles. The van der Waals surface area contributed by atoms with Crippen LogP contribution in [-0.2, 0) is 9.53 Å². The average molecular weight is 184 g/mol. The zero-order valence-electron chi connectivity index (χ0n) is 9.26. The van der Waals surface area contributed by atoms with E-state index in [0.29, 0.717) is 11.8 Å². The zero-order valence-corrected chi connectivity index (χ0v) is 9.26. The molecule has 0 rings (SSSR count). The number of hydrogen-bond acceptors (Lipinski definition) is 2. The van der Waals surface area contributed by atoms with Gasteiger partial charge in [-0.25, -0.2) is 4.79 Å². The molecule has 2 nitrogen and oxygen atoms in total. The molecule has 0 aliphatic heterocycles. The van der Waals surface area contributed by atoms with Gasteiger partial charge in [0.05, 0.1) is 0 Å². The zero-order chi connectivity index (χ0) is 10.6. The lowest BCUT2D eigenvalue weighted by atomic mass is 9.83. The molecule has 0 N–H and O–H groups in total. The Bertz CT molecular complexity index is 192. The van der Waals surface area contributed by atoms with Crippen LogP contribution in [0.2, 0.25) is 0 Å². The molecule has 1 unspecified atom stereocenters. The summed E-state index contributed by atoms with van der Waals surface area (Å²) < 4.78 is 5.25. The Hall–Kier alpha value is -0.790. The highest BCUT2D eigenvalue weighted by Gasteiger charge is 2.31. The molecule has 0 bridgehead atoms. The molecule has 0 radical (unpaired) electrons. The van der Waals surface area contributed by atoms with Crippen LogP contribution in [0.25, 0.3) is 0 Å². The molecule has 76 valence electrons. The fourth-order valence-corrected chi connectivity index (χ4v) is 1.20. The molecule has 0 aliphatic carbocycles. The lowest BCUT2D eigenvalue weighted by molar-refractivity contribution is -0.156. The smallest absolute Gasteiger partial charge is 0.330 e. The lowest BCUT2D eigenvalue weighted by Gasteiger charge is -2.33. The SMILES string of the molecule is C=CC(=O)OC(C)(C)C(C)C(C)C. The number of esters is 1. The van der Waals surface area contributed by atoms with Crippen LogP contribution in [0.15, 0.2) is 12.7 Å². The molecule has 13 heavy (non-hydrogen) atoms. The van der Waals surface area contributed by atoms with Crippen LogP contribution in [0.5, 0.6) is 0 Å². The first-order valence-corrected chi connectivity index (χ1v) is 4.66. The molecule has 0 spiro atoms. The molecule has 0 aromatic carbocycles. The van der Waals surface area contributed by atoms with Gasteiger partial charge in [0.15, 0.2) is 0 Å². The van der Waals surface area contributed by atoms with Crippen molar-refractivity contribution in [3.63, 3.8) is 0 Å². The van der Waals surface area contributed by atoms with Gasteiger partial charge < -0.3 is 4.74 Å². The van der Waals surface area contributed by atoms with Crippen LogP contribution in [0, 0.1) is 11.8 Å². The Kier molecular flexibility index (Phi) is 4.18. The fraction of sp³-hybridized carbons (Fsp3) is 0.727. The fourth-order valence-electron chi connectivity index (χ4n) is 1.20. The summed E-state index contributed by atoms with van der Waals surface area (Å²) in [6, 6.07) is 0. The summed E-state index contributed by atoms with van der Waals surface area (Å²) in [5.74, 6) is 0.474. The average Bonchev–Trinajstić information content (AvgIpc) is 2.01. The molecule has 0 aliphatic rings. The van der Waals surface area contributed by atoms with Gasteiger partial charge in [0.1, 0.15) is 5.60 Å². The predicted octanol–water partition coefficient (Wildman–Crippen LogP) is 2.79. The normalized spacial score (nSPS) is 14.0. The minimum atomic E-state index is -0.417. The van der Waals surface area contributed by atoms with Gasteiger partial charge in [-0.2, -0.15) is 0 Å². The lowest BCUT2D eigenvalue weighted by Crippen LogP contribution is -2.37. The molecule has 0 fully saturated rings. The second-order valence-electron chi connectivity index (χ2n) is 4.26. The molecule has 0 saturated carbocycles. The largest absolute Gasteiger partial charge is 0.456 e. The van der Waals surface area contributed by atoms with Crippen LogP contribution < -0.4 is 0 Å². The Morgan fingerprint density at radius 1 is 1.38 bits per heavy atom. The second-order valence-corrected chi connectivity index (χ2v) is 4.26. The van der Waals surface area contributed by atoms with E-state index >= 15 is 0 Å². The van der Waals surface area contributed by atoms with Gasteiger partial charge in [-0.1, -0.05) is 27.4 Å². The Morgan fingerprint density at radius 2 is 1.85 bits per heavy atom. The van der Waals surface area contributed by atoms with Crippen molar-refractivity contribution < 1.29 is 9.53 Å². The minimum absolute atomic E-state index is 0.330. The minimum Gasteiger partial charge on any atom is -0.456 e. The highest BCUT2D eigenvalue weighted by molar-refractivity contribution is 5.81. The summed E-state index contributed by atoms with van der Waals surface area (Å²) in [6.07, 6.45) is 1.20. The van der Waals surface area contributed by atoms with E-state index in [-0.39, 0.29) is 5.97 Å². The van der Waals surface area contributed by atoms with E-state index < -0.39 is 5.60 Å². The Balaban J connectivity index is 4.37. The summed E-state index contributed by atoms with van der Waals surface area (Å²) in [6.45, 7) is 13.6. The van der Waals surface area contributed by atoms with E-state index in [9.17, 15) is 4.79 Å². The number of carbonyl (C=O) groups is 1. The van der Waals surface area contributed by atoms with E-state index in [4.69, 9.17) is 4.74 Å². The Labute approximate surface area is 81.0 Å². The Morgan fingerprint density at radius 3 is 2.15 bits per heavy atom. The molecule has 2 heteroatoms. The van der Waals surface area contributed by atoms with E-state index in [0.717, 1.165) is 0 Å². The maximum atomic E-state index is 11.0. The maximum Gasteiger partial charge on any atom is 0.330 e. The van der Waals surface area contributed by atoms with Crippen molar-refractivity contribution in [1.29, 1.82) is 0 Å². The van der Waals surface area contributed by atoms with Crippen LogP contribution in [0.3, 0.4) is 0 Å².